The summed E-state index contributed by atoms with van der Waals surface area (Å²) in [5.41, 5.74) is 3.09. The Labute approximate surface area is 147 Å². The quantitative estimate of drug-likeness (QED) is 0.898. The van der Waals surface area contributed by atoms with Crippen molar-refractivity contribution in [1.82, 2.24) is 0 Å². The van der Waals surface area contributed by atoms with E-state index in [1.807, 2.05) is 13.0 Å². The van der Waals surface area contributed by atoms with Gasteiger partial charge in [0.15, 0.2) is 0 Å². The Balaban J connectivity index is 2.35. The summed E-state index contributed by atoms with van der Waals surface area (Å²) >= 11 is 5.96. The first-order chi connectivity index (χ1) is 11.1. The van der Waals surface area contributed by atoms with Gasteiger partial charge in [0.25, 0.3) is 5.91 Å². The molecule has 0 bridgehead atoms. The summed E-state index contributed by atoms with van der Waals surface area (Å²) in [4.78, 5) is 12.5. The third kappa shape index (κ3) is 4.07. The molecule has 0 saturated carbocycles. The van der Waals surface area contributed by atoms with E-state index in [-0.39, 0.29) is 5.91 Å². The second-order valence-corrected chi connectivity index (χ2v) is 8.10. The fourth-order valence-electron chi connectivity index (χ4n) is 2.19. The molecule has 0 saturated heterocycles. The van der Waals surface area contributed by atoms with E-state index in [4.69, 9.17) is 11.6 Å². The van der Waals surface area contributed by atoms with Crippen LogP contribution in [0.5, 0.6) is 0 Å². The summed E-state index contributed by atoms with van der Waals surface area (Å²) in [5, 5.41) is 3.33. The summed E-state index contributed by atoms with van der Waals surface area (Å²) in [5.74, 6) is -0.330. The highest BCUT2D eigenvalue weighted by atomic mass is 35.5. The van der Waals surface area contributed by atoms with Crippen molar-refractivity contribution in [2.24, 2.45) is 0 Å². The molecule has 0 fully saturated rings. The Hall–Kier alpha value is -2.05. The van der Waals surface area contributed by atoms with Crippen LogP contribution in [0.15, 0.2) is 36.4 Å². The summed E-state index contributed by atoms with van der Waals surface area (Å²) in [6, 6.07) is 10.2. The van der Waals surface area contributed by atoms with Gasteiger partial charge < -0.3 is 5.32 Å². The monoisotopic (exact) mass is 366 g/mol. The maximum absolute atomic E-state index is 12.5. The topological polar surface area (TPSA) is 66.5 Å². The van der Waals surface area contributed by atoms with Gasteiger partial charge in [-0.25, -0.2) is 8.42 Å². The largest absolute Gasteiger partial charge is 0.322 e. The lowest BCUT2D eigenvalue weighted by molar-refractivity contribution is 0.102. The van der Waals surface area contributed by atoms with E-state index in [0.29, 0.717) is 22.0 Å². The maximum Gasteiger partial charge on any atom is 0.255 e. The zero-order chi connectivity index (χ0) is 18.1. The van der Waals surface area contributed by atoms with Crippen LogP contribution in [-0.4, -0.2) is 27.6 Å². The van der Waals surface area contributed by atoms with Crippen LogP contribution in [0.4, 0.5) is 11.4 Å². The van der Waals surface area contributed by atoms with Crippen molar-refractivity contribution in [2.75, 3.05) is 22.9 Å². The third-order valence-corrected chi connectivity index (χ3v) is 5.18. The van der Waals surface area contributed by atoms with Crippen LogP contribution in [0.25, 0.3) is 0 Å². The highest BCUT2D eigenvalue weighted by Gasteiger charge is 2.17. The number of nitrogens with zero attached hydrogens (tertiary/aromatic N) is 1. The van der Waals surface area contributed by atoms with Gasteiger partial charge in [0, 0.05) is 23.3 Å². The van der Waals surface area contributed by atoms with E-state index < -0.39 is 10.0 Å². The van der Waals surface area contributed by atoms with Crippen LogP contribution >= 0.6 is 11.6 Å². The van der Waals surface area contributed by atoms with Gasteiger partial charge in [-0.1, -0.05) is 23.7 Å². The summed E-state index contributed by atoms with van der Waals surface area (Å²) in [7, 11) is -1.95. The molecule has 0 aliphatic rings. The molecule has 128 valence electrons. The molecule has 0 unspecified atom stereocenters. The van der Waals surface area contributed by atoms with E-state index >= 15 is 0 Å². The first-order valence-corrected chi connectivity index (χ1v) is 9.44. The number of aryl methyl sites for hydroxylation is 2. The number of carbonyl (C=O) groups excluding carboxylic acids is 1. The second-order valence-electron chi connectivity index (χ2n) is 5.65. The Morgan fingerprint density at radius 2 is 1.71 bits per heavy atom. The van der Waals surface area contributed by atoms with Crippen LogP contribution in [-0.2, 0) is 10.0 Å². The molecule has 0 radical (unpaired) electrons. The van der Waals surface area contributed by atoms with Crippen molar-refractivity contribution in [1.29, 1.82) is 0 Å². The molecule has 2 aromatic rings. The van der Waals surface area contributed by atoms with Crippen LogP contribution in [0, 0.1) is 13.8 Å². The minimum Gasteiger partial charge on any atom is -0.322 e. The summed E-state index contributed by atoms with van der Waals surface area (Å²) in [6.07, 6.45) is 1.12. The number of nitrogens with one attached hydrogen (secondary N) is 1. The molecule has 7 heteroatoms. The lowest BCUT2D eigenvalue weighted by Crippen LogP contribution is -2.26. The number of carbonyl (C=O) groups is 1. The molecule has 0 aliphatic carbocycles. The molecule has 0 aliphatic heterocycles. The second kappa shape index (κ2) is 6.83. The first kappa shape index (κ1) is 18.3. The molecular weight excluding hydrogens is 348 g/mol. The van der Waals surface area contributed by atoms with E-state index in [1.54, 1.807) is 37.3 Å². The predicted molar refractivity (Wildman–Crippen MR) is 98.6 cm³/mol. The predicted octanol–water partition coefficient (Wildman–Crippen LogP) is 3.60. The van der Waals surface area contributed by atoms with Crippen LogP contribution in [0.3, 0.4) is 0 Å². The zero-order valence-electron chi connectivity index (χ0n) is 13.9. The fraction of sp³-hybridized carbons (Fsp3) is 0.235. The number of halogens is 1. The zero-order valence-corrected chi connectivity index (χ0v) is 15.5. The number of anilines is 2. The molecule has 1 amide bonds. The van der Waals surface area contributed by atoms with Gasteiger partial charge >= 0.3 is 0 Å². The van der Waals surface area contributed by atoms with Crippen molar-refractivity contribution >= 4 is 38.9 Å². The molecule has 0 heterocycles. The van der Waals surface area contributed by atoms with Gasteiger partial charge in [-0.3, -0.25) is 9.10 Å². The minimum absolute atomic E-state index is 0.330. The van der Waals surface area contributed by atoms with Gasteiger partial charge in [0.1, 0.15) is 0 Å². The number of amides is 1. The van der Waals surface area contributed by atoms with Gasteiger partial charge in [-0.15, -0.1) is 0 Å². The first-order valence-electron chi connectivity index (χ1n) is 7.21. The third-order valence-electron chi connectivity index (χ3n) is 3.76. The van der Waals surface area contributed by atoms with Gasteiger partial charge in [-0.2, -0.15) is 0 Å². The van der Waals surface area contributed by atoms with E-state index in [0.717, 1.165) is 21.7 Å². The highest BCUT2D eigenvalue weighted by molar-refractivity contribution is 7.92. The van der Waals surface area contributed by atoms with Crippen molar-refractivity contribution in [3.05, 3.63) is 58.1 Å². The van der Waals surface area contributed by atoms with Crippen molar-refractivity contribution in [3.63, 3.8) is 0 Å². The maximum atomic E-state index is 12.5. The van der Waals surface area contributed by atoms with Crippen molar-refractivity contribution in [3.8, 4) is 0 Å². The highest BCUT2D eigenvalue weighted by Crippen LogP contribution is 2.25. The van der Waals surface area contributed by atoms with Crippen LogP contribution in [0.1, 0.15) is 21.5 Å². The van der Waals surface area contributed by atoms with Crippen LogP contribution in [0.2, 0.25) is 5.02 Å². The van der Waals surface area contributed by atoms with E-state index in [9.17, 15) is 13.2 Å². The molecule has 0 atom stereocenters. The van der Waals surface area contributed by atoms with Crippen LogP contribution < -0.4 is 9.62 Å². The van der Waals surface area contributed by atoms with E-state index in [2.05, 4.69) is 5.32 Å². The molecular formula is C17H19ClN2O3S. The number of hydrogen-bond donors (Lipinski definition) is 1. The molecule has 2 rings (SSSR count). The summed E-state index contributed by atoms with van der Waals surface area (Å²) < 4.78 is 24.7. The van der Waals surface area contributed by atoms with Crippen molar-refractivity contribution in [2.45, 2.75) is 13.8 Å². The minimum atomic E-state index is -3.41. The SMILES string of the molecule is Cc1ccc(Cl)cc1NC(=O)c1ccc(C)c(N(C)S(C)(=O)=O)c1. The van der Waals surface area contributed by atoms with Crippen molar-refractivity contribution < 1.29 is 13.2 Å². The number of rotatable bonds is 4. The number of benzene rings is 2. The molecule has 2 aromatic carbocycles. The molecule has 0 spiro atoms. The number of sulfonamides is 1. The van der Waals surface area contributed by atoms with Gasteiger partial charge in [-0.05, 0) is 49.2 Å². The van der Waals surface area contributed by atoms with E-state index in [1.165, 1.54) is 7.05 Å². The average Bonchev–Trinajstić information content (AvgIpc) is 2.49. The Kier molecular flexibility index (Phi) is 5.20. The molecule has 5 nitrogen and oxygen atoms in total. The molecule has 1 N–H and O–H groups in total. The fourth-order valence-corrected chi connectivity index (χ4v) is 2.92. The molecule has 0 aromatic heterocycles. The lowest BCUT2D eigenvalue weighted by atomic mass is 10.1. The lowest BCUT2D eigenvalue weighted by Gasteiger charge is -2.20. The van der Waals surface area contributed by atoms with Gasteiger partial charge in [0.05, 0.1) is 11.9 Å². The summed E-state index contributed by atoms with van der Waals surface area (Å²) in [6.45, 7) is 3.66. The Bertz CT molecular complexity index is 895. The van der Waals surface area contributed by atoms with Gasteiger partial charge in [0.2, 0.25) is 10.0 Å². The Morgan fingerprint density at radius 1 is 1.08 bits per heavy atom. The normalized spacial score (nSPS) is 11.2. The molecule has 24 heavy (non-hydrogen) atoms. The number of hydrogen-bond acceptors (Lipinski definition) is 3. The standard InChI is InChI=1S/C17H19ClN2O3S/c1-11-6-8-14(18)10-15(11)19-17(21)13-7-5-12(2)16(9-13)20(3)24(4,22)23/h5-10H,1-4H3,(H,19,21). The average molecular weight is 367 g/mol. The Morgan fingerprint density at radius 3 is 2.33 bits per heavy atom. The smallest absolute Gasteiger partial charge is 0.255 e.